The molecule has 0 amide bonds. The van der Waals surface area contributed by atoms with Crippen molar-refractivity contribution in [1.29, 1.82) is 0 Å². The Morgan fingerprint density at radius 1 is 1.16 bits per heavy atom. The van der Waals surface area contributed by atoms with E-state index in [-0.39, 0.29) is 11.7 Å². The number of carbonyl (C=O) groups excluding carboxylic acids is 2. The Balaban J connectivity index is 1.91. The van der Waals surface area contributed by atoms with Crippen LogP contribution in [0.15, 0.2) is 56.7 Å². The van der Waals surface area contributed by atoms with E-state index in [9.17, 15) is 9.59 Å². The number of ketones is 1. The molecule has 2 aliphatic rings. The highest BCUT2D eigenvalue weighted by Gasteiger charge is 2.42. The largest absolute Gasteiger partial charge is 0.496 e. The number of allylic oxidation sites excluding steroid dienone is 3. The SMILES string of the molecule is COC(=O)C1=C(C)NC2=C(C(=O)C[C@H](c3cccs3)C2)[C@@H]1c1cc(OC)c(Br)cc1OC. The van der Waals surface area contributed by atoms with Crippen LogP contribution in [0, 0.1) is 0 Å². The van der Waals surface area contributed by atoms with Gasteiger partial charge in [0.25, 0.3) is 0 Å². The third-order valence-corrected chi connectivity index (χ3v) is 7.65. The lowest BCUT2D eigenvalue weighted by Crippen LogP contribution is -2.36. The number of hydrogen-bond acceptors (Lipinski definition) is 7. The molecule has 168 valence electrons. The average Bonchev–Trinajstić information content (AvgIpc) is 3.32. The smallest absolute Gasteiger partial charge is 0.336 e. The summed E-state index contributed by atoms with van der Waals surface area (Å²) in [5.41, 5.74) is 3.19. The predicted molar refractivity (Wildman–Crippen MR) is 126 cm³/mol. The number of esters is 1. The molecule has 0 bridgehead atoms. The van der Waals surface area contributed by atoms with E-state index in [1.807, 2.05) is 24.4 Å². The molecule has 2 aromatic rings. The van der Waals surface area contributed by atoms with Gasteiger partial charge in [0.15, 0.2) is 5.78 Å². The van der Waals surface area contributed by atoms with Crippen molar-refractivity contribution < 1.29 is 23.8 Å². The van der Waals surface area contributed by atoms with Gasteiger partial charge in [-0.2, -0.15) is 0 Å². The van der Waals surface area contributed by atoms with Crippen molar-refractivity contribution in [3.8, 4) is 11.5 Å². The standard InChI is InChI=1S/C24H24BrNO5S/c1-12-21(24(28)31-4)22(14-10-19(30-3)15(25)11-18(14)29-2)23-16(26-12)8-13(9-17(23)27)20-6-5-7-32-20/h5-7,10-11,13,22,26H,8-9H2,1-4H3/t13-,22-/m1/s1. The number of Topliss-reactive ketones (excluding diaryl/α,β-unsaturated/α-hetero) is 1. The number of rotatable bonds is 5. The van der Waals surface area contributed by atoms with Gasteiger partial charge in [-0.1, -0.05) is 6.07 Å². The number of halogens is 1. The second-order valence-corrected chi connectivity index (χ2v) is 9.59. The second-order valence-electron chi connectivity index (χ2n) is 7.75. The molecule has 1 N–H and O–H groups in total. The van der Waals surface area contributed by atoms with E-state index in [1.54, 1.807) is 31.6 Å². The summed E-state index contributed by atoms with van der Waals surface area (Å²) in [5, 5.41) is 5.37. The lowest BCUT2D eigenvalue weighted by molar-refractivity contribution is -0.136. The number of ether oxygens (including phenoxy) is 3. The summed E-state index contributed by atoms with van der Waals surface area (Å²) in [4.78, 5) is 27.6. The Hall–Kier alpha value is -2.58. The Kier molecular flexibility index (Phi) is 6.44. The van der Waals surface area contributed by atoms with Crippen LogP contribution >= 0.6 is 27.3 Å². The molecule has 1 aromatic heterocycles. The van der Waals surface area contributed by atoms with Gasteiger partial charge in [-0.05, 0) is 52.9 Å². The molecule has 0 saturated heterocycles. The molecule has 1 aliphatic heterocycles. The van der Waals surface area contributed by atoms with Gasteiger partial charge >= 0.3 is 5.97 Å². The maximum absolute atomic E-state index is 13.6. The third kappa shape index (κ3) is 3.86. The summed E-state index contributed by atoms with van der Waals surface area (Å²) in [5.74, 6) is 0.168. The van der Waals surface area contributed by atoms with E-state index in [2.05, 4.69) is 27.3 Å². The van der Waals surface area contributed by atoms with Crippen LogP contribution in [0.25, 0.3) is 0 Å². The van der Waals surface area contributed by atoms with Crippen molar-refractivity contribution in [1.82, 2.24) is 5.32 Å². The zero-order valence-corrected chi connectivity index (χ0v) is 20.7. The molecular weight excluding hydrogens is 494 g/mol. The number of thiophene rings is 1. The minimum Gasteiger partial charge on any atom is -0.496 e. The zero-order valence-electron chi connectivity index (χ0n) is 18.3. The fraction of sp³-hybridized carbons (Fsp3) is 0.333. The molecule has 1 aliphatic carbocycles. The highest BCUT2D eigenvalue weighted by molar-refractivity contribution is 9.10. The van der Waals surface area contributed by atoms with Crippen LogP contribution in [0.1, 0.15) is 42.0 Å². The summed E-state index contributed by atoms with van der Waals surface area (Å²) in [6, 6.07) is 7.69. The van der Waals surface area contributed by atoms with Crippen LogP contribution in [-0.2, 0) is 14.3 Å². The lowest BCUT2D eigenvalue weighted by atomic mass is 9.72. The van der Waals surface area contributed by atoms with E-state index >= 15 is 0 Å². The van der Waals surface area contributed by atoms with Crippen molar-refractivity contribution in [3.63, 3.8) is 0 Å². The Bertz CT molecular complexity index is 1140. The first-order valence-corrected chi connectivity index (χ1v) is 11.8. The average molecular weight is 518 g/mol. The van der Waals surface area contributed by atoms with Crippen molar-refractivity contribution >= 4 is 39.0 Å². The highest BCUT2D eigenvalue weighted by Crippen LogP contribution is 2.49. The van der Waals surface area contributed by atoms with Crippen LogP contribution < -0.4 is 14.8 Å². The van der Waals surface area contributed by atoms with Crippen molar-refractivity contribution in [3.05, 3.63) is 67.1 Å². The van der Waals surface area contributed by atoms with E-state index in [0.29, 0.717) is 46.7 Å². The van der Waals surface area contributed by atoms with Crippen LogP contribution in [0.5, 0.6) is 11.5 Å². The minimum atomic E-state index is -0.618. The zero-order chi connectivity index (χ0) is 23.0. The maximum Gasteiger partial charge on any atom is 0.336 e. The molecule has 8 heteroatoms. The van der Waals surface area contributed by atoms with Crippen molar-refractivity contribution in [2.24, 2.45) is 0 Å². The van der Waals surface area contributed by atoms with Gasteiger partial charge in [0.05, 0.1) is 37.3 Å². The van der Waals surface area contributed by atoms with Crippen LogP contribution in [0.4, 0.5) is 0 Å². The van der Waals surface area contributed by atoms with Gasteiger partial charge in [-0.15, -0.1) is 11.3 Å². The Morgan fingerprint density at radius 3 is 2.53 bits per heavy atom. The molecular formula is C24H24BrNO5S. The van der Waals surface area contributed by atoms with Gasteiger partial charge in [-0.3, -0.25) is 4.79 Å². The van der Waals surface area contributed by atoms with Gasteiger partial charge in [0, 0.05) is 39.7 Å². The van der Waals surface area contributed by atoms with Crippen LogP contribution in [0.2, 0.25) is 0 Å². The fourth-order valence-corrected chi connectivity index (χ4v) is 5.88. The molecule has 4 rings (SSSR count). The molecule has 32 heavy (non-hydrogen) atoms. The first-order chi connectivity index (χ1) is 15.4. The summed E-state index contributed by atoms with van der Waals surface area (Å²) in [6.45, 7) is 1.84. The molecule has 0 radical (unpaired) electrons. The predicted octanol–water partition coefficient (Wildman–Crippen LogP) is 5.06. The van der Waals surface area contributed by atoms with Gasteiger partial charge in [0.1, 0.15) is 11.5 Å². The van der Waals surface area contributed by atoms with E-state index < -0.39 is 11.9 Å². The molecule has 0 saturated carbocycles. The number of dihydropyridines is 1. The minimum absolute atomic E-state index is 0.0139. The summed E-state index contributed by atoms with van der Waals surface area (Å²) >= 11 is 5.15. The van der Waals surface area contributed by atoms with Gasteiger partial charge in [0.2, 0.25) is 0 Å². The molecule has 6 nitrogen and oxygen atoms in total. The molecule has 2 heterocycles. The van der Waals surface area contributed by atoms with Crippen LogP contribution in [-0.4, -0.2) is 33.1 Å². The second kappa shape index (κ2) is 9.11. The first kappa shape index (κ1) is 22.6. The highest BCUT2D eigenvalue weighted by atomic mass is 79.9. The number of hydrogen-bond donors (Lipinski definition) is 1. The molecule has 0 spiro atoms. The van der Waals surface area contributed by atoms with Crippen molar-refractivity contribution in [2.45, 2.75) is 31.6 Å². The van der Waals surface area contributed by atoms with Gasteiger partial charge < -0.3 is 19.5 Å². The molecule has 0 unspecified atom stereocenters. The lowest BCUT2D eigenvalue weighted by Gasteiger charge is -2.36. The number of methoxy groups -OCH3 is 3. The van der Waals surface area contributed by atoms with E-state index in [1.165, 1.54) is 12.0 Å². The molecule has 0 fully saturated rings. The number of carbonyl (C=O) groups is 2. The summed E-state index contributed by atoms with van der Waals surface area (Å²) < 4.78 is 17.0. The van der Waals surface area contributed by atoms with Crippen LogP contribution in [0.3, 0.4) is 0 Å². The van der Waals surface area contributed by atoms with E-state index in [0.717, 1.165) is 10.2 Å². The molecule has 1 aromatic carbocycles. The van der Waals surface area contributed by atoms with Crippen molar-refractivity contribution in [2.75, 3.05) is 21.3 Å². The fourth-order valence-electron chi connectivity index (χ4n) is 4.56. The Labute approximate surface area is 199 Å². The third-order valence-electron chi connectivity index (χ3n) is 5.99. The normalized spacial score (nSPS) is 20.6. The maximum atomic E-state index is 13.6. The van der Waals surface area contributed by atoms with Gasteiger partial charge in [-0.25, -0.2) is 4.79 Å². The topological polar surface area (TPSA) is 73.9 Å². The quantitative estimate of drug-likeness (QED) is 0.558. The monoisotopic (exact) mass is 517 g/mol. The molecule has 2 atom stereocenters. The Morgan fingerprint density at radius 2 is 1.91 bits per heavy atom. The number of benzene rings is 1. The number of nitrogens with one attached hydrogen (secondary N) is 1. The van der Waals surface area contributed by atoms with E-state index in [4.69, 9.17) is 14.2 Å². The summed E-state index contributed by atoms with van der Waals surface area (Å²) in [6.07, 6.45) is 1.08. The summed E-state index contributed by atoms with van der Waals surface area (Å²) in [7, 11) is 4.49. The first-order valence-electron chi connectivity index (χ1n) is 10.2.